The van der Waals surface area contributed by atoms with Crippen molar-refractivity contribution >= 4 is 23.9 Å². The van der Waals surface area contributed by atoms with E-state index in [0.717, 1.165) is 25.0 Å². The van der Waals surface area contributed by atoms with Crippen LogP contribution < -0.4 is 20.8 Å². The zero-order valence-corrected chi connectivity index (χ0v) is 16.2. The summed E-state index contributed by atoms with van der Waals surface area (Å²) in [7, 11) is 0. The summed E-state index contributed by atoms with van der Waals surface area (Å²) >= 11 is 0. The van der Waals surface area contributed by atoms with Gasteiger partial charge in [-0.25, -0.2) is 5.43 Å². The minimum Gasteiger partial charge on any atom is -0.484 e. The number of nitrogens with zero attached hydrogens (tertiary/aromatic N) is 1. The van der Waals surface area contributed by atoms with Crippen molar-refractivity contribution in [3.05, 3.63) is 42.5 Å². The van der Waals surface area contributed by atoms with E-state index in [-0.39, 0.29) is 25.0 Å². The highest BCUT2D eigenvalue weighted by Gasteiger charge is 2.16. The summed E-state index contributed by atoms with van der Waals surface area (Å²) in [6.45, 7) is 4.95. The van der Waals surface area contributed by atoms with E-state index < -0.39 is 11.8 Å². The van der Waals surface area contributed by atoms with Gasteiger partial charge in [-0.1, -0.05) is 6.08 Å². The van der Waals surface area contributed by atoms with Crippen molar-refractivity contribution in [2.24, 2.45) is 5.10 Å². The number of hydrazone groups is 1. The van der Waals surface area contributed by atoms with Gasteiger partial charge in [-0.2, -0.15) is 5.10 Å². The summed E-state index contributed by atoms with van der Waals surface area (Å²) in [5.41, 5.74) is 3.00. The average Bonchev–Trinajstić information content (AvgIpc) is 3.24. The van der Waals surface area contributed by atoms with Crippen molar-refractivity contribution in [3.8, 4) is 5.75 Å². The third-order valence-corrected chi connectivity index (χ3v) is 3.97. The van der Waals surface area contributed by atoms with Gasteiger partial charge >= 0.3 is 0 Å². The Morgan fingerprint density at radius 1 is 1.17 bits per heavy atom. The Morgan fingerprint density at radius 3 is 2.66 bits per heavy atom. The zero-order valence-electron chi connectivity index (χ0n) is 16.2. The molecule has 0 aromatic heterocycles. The van der Waals surface area contributed by atoms with Crippen LogP contribution in [0.2, 0.25) is 0 Å². The molecule has 3 N–H and O–H groups in total. The van der Waals surface area contributed by atoms with Crippen LogP contribution in [-0.4, -0.2) is 56.3 Å². The normalized spacial score (nSPS) is 15.7. The smallest absolute Gasteiger partial charge is 0.258 e. The Bertz CT molecular complexity index is 727. The second-order valence-electron chi connectivity index (χ2n) is 6.36. The molecule has 9 nitrogen and oxygen atoms in total. The monoisotopic (exact) mass is 402 g/mol. The fraction of sp³-hybridized carbons (Fsp3) is 0.400. The van der Waals surface area contributed by atoms with Crippen LogP contribution >= 0.6 is 0 Å². The molecule has 9 heteroatoms. The van der Waals surface area contributed by atoms with Crippen molar-refractivity contribution in [2.75, 3.05) is 26.3 Å². The van der Waals surface area contributed by atoms with Gasteiger partial charge in [0.05, 0.1) is 12.3 Å². The number of benzene rings is 1. The predicted molar refractivity (Wildman–Crippen MR) is 107 cm³/mol. The van der Waals surface area contributed by atoms with Crippen LogP contribution in [0.5, 0.6) is 5.75 Å². The topological polar surface area (TPSA) is 118 Å². The maximum absolute atomic E-state index is 11.8. The third kappa shape index (κ3) is 9.02. The summed E-state index contributed by atoms with van der Waals surface area (Å²) < 4.78 is 10.9. The second kappa shape index (κ2) is 12.3. The first kappa shape index (κ1) is 22.1. The van der Waals surface area contributed by atoms with Crippen LogP contribution in [0.25, 0.3) is 0 Å². The zero-order chi connectivity index (χ0) is 20.9. The van der Waals surface area contributed by atoms with Crippen molar-refractivity contribution < 1.29 is 23.9 Å². The van der Waals surface area contributed by atoms with Gasteiger partial charge in [-0.15, -0.1) is 6.58 Å². The molecule has 2 rings (SSSR count). The molecule has 1 aliphatic heterocycles. The van der Waals surface area contributed by atoms with Gasteiger partial charge < -0.3 is 20.1 Å². The van der Waals surface area contributed by atoms with Gasteiger partial charge in [-0.3, -0.25) is 14.4 Å². The van der Waals surface area contributed by atoms with E-state index in [9.17, 15) is 14.4 Å². The predicted octanol–water partition coefficient (Wildman–Crippen LogP) is 0.503. The number of ether oxygens (including phenoxy) is 2. The summed E-state index contributed by atoms with van der Waals surface area (Å²) in [6, 6.07) is 6.84. The molecule has 29 heavy (non-hydrogen) atoms. The fourth-order valence-corrected chi connectivity index (χ4v) is 2.50. The molecule has 1 aromatic carbocycles. The van der Waals surface area contributed by atoms with Crippen LogP contribution in [0.15, 0.2) is 42.0 Å². The molecule has 1 atom stereocenters. The molecule has 1 aromatic rings. The first-order valence-corrected chi connectivity index (χ1v) is 9.37. The van der Waals surface area contributed by atoms with E-state index in [4.69, 9.17) is 9.47 Å². The van der Waals surface area contributed by atoms with Crippen LogP contribution in [0.1, 0.15) is 24.8 Å². The van der Waals surface area contributed by atoms with Crippen molar-refractivity contribution in [1.82, 2.24) is 16.1 Å². The molecule has 0 saturated carbocycles. The first-order chi connectivity index (χ1) is 14.1. The van der Waals surface area contributed by atoms with Crippen LogP contribution in [0.4, 0.5) is 0 Å². The molecule has 0 bridgehead atoms. The third-order valence-electron chi connectivity index (χ3n) is 3.97. The van der Waals surface area contributed by atoms with Crippen LogP contribution in [0, 0.1) is 0 Å². The Kier molecular flexibility index (Phi) is 9.37. The van der Waals surface area contributed by atoms with Gasteiger partial charge in [0.1, 0.15) is 12.2 Å². The quantitative estimate of drug-likeness (QED) is 0.216. The molecular formula is C20H26N4O5. The summed E-state index contributed by atoms with van der Waals surface area (Å²) in [4.78, 5) is 34.7. The molecule has 0 radical (unpaired) electrons. The van der Waals surface area contributed by atoms with Crippen LogP contribution in [-0.2, 0) is 19.1 Å². The largest absolute Gasteiger partial charge is 0.484 e. The standard InChI is InChI=1S/C20H26N4O5/c1-2-9-21-18(25)11-19(26)24-23-12-15-5-7-16(8-6-15)29-14-20(27)22-13-17-4-3-10-28-17/h2,5-8,12,17H,1,3-4,9-11,13-14H2,(H,21,25)(H,22,27)(H,24,26)/b23-12+/t17-/m1/s1. The van der Waals surface area contributed by atoms with Crippen LogP contribution in [0.3, 0.4) is 0 Å². The fourth-order valence-electron chi connectivity index (χ4n) is 2.50. The first-order valence-electron chi connectivity index (χ1n) is 9.37. The van der Waals surface area contributed by atoms with E-state index in [1.165, 1.54) is 12.3 Å². The lowest BCUT2D eigenvalue weighted by molar-refractivity contribution is -0.129. The van der Waals surface area contributed by atoms with Gasteiger partial charge in [0.15, 0.2) is 6.61 Å². The molecule has 1 heterocycles. The minimum absolute atomic E-state index is 0.0792. The Morgan fingerprint density at radius 2 is 1.97 bits per heavy atom. The number of carbonyl (C=O) groups is 3. The minimum atomic E-state index is -0.517. The Balaban J connectivity index is 1.66. The molecule has 1 fully saturated rings. The van der Waals surface area contributed by atoms with Gasteiger partial charge in [-0.05, 0) is 42.7 Å². The van der Waals surface area contributed by atoms with Gasteiger partial charge in [0.2, 0.25) is 11.8 Å². The summed E-state index contributed by atoms with van der Waals surface area (Å²) in [5, 5.41) is 9.09. The Labute approximate surface area is 169 Å². The number of rotatable bonds is 11. The summed E-state index contributed by atoms with van der Waals surface area (Å²) in [6.07, 6.45) is 4.75. The molecule has 0 aliphatic carbocycles. The van der Waals surface area contributed by atoms with E-state index in [1.54, 1.807) is 24.3 Å². The molecule has 0 spiro atoms. The molecule has 0 unspecified atom stereocenters. The summed E-state index contributed by atoms with van der Waals surface area (Å²) in [5.74, 6) is -0.584. The molecule has 3 amide bonds. The van der Waals surface area contributed by atoms with Crippen molar-refractivity contribution in [2.45, 2.75) is 25.4 Å². The SMILES string of the molecule is C=CCNC(=O)CC(=O)N/N=C/c1ccc(OCC(=O)NC[C@H]2CCCO2)cc1. The lowest BCUT2D eigenvalue weighted by atomic mass is 10.2. The van der Waals surface area contributed by atoms with E-state index >= 15 is 0 Å². The lowest BCUT2D eigenvalue weighted by Crippen LogP contribution is -2.35. The van der Waals surface area contributed by atoms with Gasteiger partial charge in [0, 0.05) is 19.7 Å². The second-order valence-corrected chi connectivity index (χ2v) is 6.36. The van der Waals surface area contributed by atoms with Crippen molar-refractivity contribution in [3.63, 3.8) is 0 Å². The number of carbonyl (C=O) groups excluding carboxylic acids is 3. The molecular weight excluding hydrogens is 376 g/mol. The molecule has 1 aliphatic rings. The lowest BCUT2D eigenvalue weighted by Gasteiger charge is -2.11. The Hall–Kier alpha value is -3.20. The molecule has 156 valence electrons. The number of hydrogen-bond acceptors (Lipinski definition) is 6. The van der Waals surface area contributed by atoms with Crippen molar-refractivity contribution in [1.29, 1.82) is 0 Å². The van der Waals surface area contributed by atoms with Gasteiger partial charge in [0.25, 0.3) is 5.91 Å². The number of amides is 3. The van der Waals surface area contributed by atoms with E-state index in [0.29, 0.717) is 18.8 Å². The average molecular weight is 402 g/mol. The maximum atomic E-state index is 11.8. The van der Waals surface area contributed by atoms with E-state index in [1.807, 2.05) is 0 Å². The number of hydrogen-bond donors (Lipinski definition) is 3. The highest BCUT2D eigenvalue weighted by Crippen LogP contribution is 2.12. The highest BCUT2D eigenvalue weighted by atomic mass is 16.5. The maximum Gasteiger partial charge on any atom is 0.258 e. The number of nitrogens with one attached hydrogen (secondary N) is 3. The molecule has 1 saturated heterocycles. The highest BCUT2D eigenvalue weighted by molar-refractivity contribution is 5.97. The van der Waals surface area contributed by atoms with E-state index in [2.05, 4.69) is 27.7 Å².